The molecule has 2 aliphatic rings. The molecule has 17 heavy (non-hydrogen) atoms. The van der Waals surface area contributed by atoms with E-state index >= 15 is 0 Å². The topological polar surface area (TPSA) is 50.8 Å². The van der Waals surface area contributed by atoms with E-state index in [2.05, 4.69) is 5.32 Å². The summed E-state index contributed by atoms with van der Waals surface area (Å²) in [7, 11) is 1.88. The van der Waals surface area contributed by atoms with Crippen molar-refractivity contribution in [2.75, 3.05) is 46.6 Å². The fourth-order valence-electron chi connectivity index (χ4n) is 2.40. The van der Waals surface area contributed by atoms with E-state index in [-0.39, 0.29) is 11.9 Å². The van der Waals surface area contributed by atoms with E-state index in [1.807, 2.05) is 11.9 Å². The lowest BCUT2D eigenvalue weighted by Crippen LogP contribution is -2.52. The zero-order valence-corrected chi connectivity index (χ0v) is 10.5. The first kappa shape index (κ1) is 12.8. The number of morpholine rings is 1. The molecule has 1 unspecified atom stereocenters. The number of likely N-dealkylation sites (N-methyl/N-ethyl adjacent to an activating group) is 1. The van der Waals surface area contributed by atoms with Crippen LogP contribution in [0.5, 0.6) is 0 Å². The summed E-state index contributed by atoms with van der Waals surface area (Å²) in [4.78, 5) is 14.0. The van der Waals surface area contributed by atoms with Crippen LogP contribution in [-0.4, -0.2) is 63.4 Å². The Balaban J connectivity index is 1.77. The van der Waals surface area contributed by atoms with Crippen molar-refractivity contribution in [2.45, 2.75) is 18.9 Å². The van der Waals surface area contributed by atoms with Gasteiger partial charge >= 0.3 is 0 Å². The highest BCUT2D eigenvalue weighted by atomic mass is 16.5. The Morgan fingerprint density at radius 1 is 1.29 bits per heavy atom. The number of nitrogens with one attached hydrogen (secondary N) is 1. The zero-order valence-electron chi connectivity index (χ0n) is 10.5. The average molecular weight is 242 g/mol. The maximum atomic E-state index is 12.1. The van der Waals surface area contributed by atoms with Crippen molar-refractivity contribution in [2.24, 2.45) is 5.92 Å². The molecule has 2 fully saturated rings. The molecule has 0 spiro atoms. The van der Waals surface area contributed by atoms with Crippen molar-refractivity contribution in [3.63, 3.8) is 0 Å². The molecule has 1 amide bonds. The lowest BCUT2D eigenvalue weighted by atomic mass is 9.99. The number of hydrogen-bond acceptors (Lipinski definition) is 4. The molecule has 0 bridgehead atoms. The normalized spacial score (nSPS) is 26.8. The van der Waals surface area contributed by atoms with Crippen molar-refractivity contribution in [3.05, 3.63) is 0 Å². The van der Waals surface area contributed by atoms with Crippen LogP contribution in [0.2, 0.25) is 0 Å². The van der Waals surface area contributed by atoms with Crippen LogP contribution in [0.3, 0.4) is 0 Å². The second-order valence-electron chi connectivity index (χ2n) is 4.86. The third-order valence-corrected chi connectivity index (χ3v) is 3.47. The Hall–Kier alpha value is -0.650. The van der Waals surface area contributed by atoms with E-state index in [1.165, 1.54) is 0 Å². The fraction of sp³-hybridized carbons (Fsp3) is 0.917. The molecule has 1 N–H and O–H groups in total. The van der Waals surface area contributed by atoms with Gasteiger partial charge in [-0.05, 0) is 18.8 Å². The monoisotopic (exact) mass is 242 g/mol. The molecule has 0 aromatic carbocycles. The number of ether oxygens (including phenoxy) is 2. The first-order chi connectivity index (χ1) is 8.27. The Bertz CT molecular complexity index is 248. The van der Waals surface area contributed by atoms with Crippen LogP contribution in [0.1, 0.15) is 12.8 Å². The van der Waals surface area contributed by atoms with Crippen LogP contribution in [0.4, 0.5) is 0 Å². The molecular formula is C12H22N2O3. The molecule has 2 saturated heterocycles. The van der Waals surface area contributed by atoms with E-state index in [1.54, 1.807) is 0 Å². The smallest absolute Gasteiger partial charge is 0.241 e. The molecule has 5 nitrogen and oxygen atoms in total. The zero-order chi connectivity index (χ0) is 12.1. The largest absolute Gasteiger partial charge is 0.381 e. The molecular weight excluding hydrogens is 220 g/mol. The van der Waals surface area contributed by atoms with Crippen LogP contribution >= 0.6 is 0 Å². The lowest BCUT2D eigenvalue weighted by molar-refractivity contribution is -0.136. The van der Waals surface area contributed by atoms with Crippen molar-refractivity contribution in [1.29, 1.82) is 0 Å². The summed E-state index contributed by atoms with van der Waals surface area (Å²) in [6, 6.07) is -0.159. The summed E-state index contributed by atoms with van der Waals surface area (Å²) in [5, 5.41) is 3.20. The standard InChI is InChI=1S/C12H22N2O3/c1-14(8-10-2-5-16-6-3-10)12(15)11-9-17-7-4-13-11/h10-11,13H,2-9H2,1H3. The molecule has 0 aromatic rings. The highest BCUT2D eigenvalue weighted by molar-refractivity contribution is 5.81. The summed E-state index contributed by atoms with van der Waals surface area (Å²) in [6.45, 7) is 4.46. The van der Waals surface area contributed by atoms with Gasteiger partial charge in [0.25, 0.3) is 0 Å². The number of nitrogens with zero attached hydrogens (tertiary/aromatic N) is 1. The summed E-state index contributed by atoms with van der Waals surface area (Å²) >= 11 is 0. The van der Waals surface area contributed by atoms with Crippen LogP contribution in [0.15, 0.2) is 0 Å². The molecule has 0 radical (unpaired) electrons. The molecule has 2 heterocycles. The van der Waals surface area contributed by atoms with E-state index in [4.69, 9.17) is 9.47 Å². The van der Waals surface area contributed by atoms with E-state index in [0.29, 0.717) is 19.1 Å². The van der Waals surface area contributed by atoms with Gasteiger partial charge in [-0.2, -0.15) is 0 Å². The second kappa shape index (κ2) is 6.33. The number of hydrogen-bond donors (Lipinski definition) is 1. The number of carbonyl (C=O) groups is 1. The van der Waals surface area contributed by atoms with Gasteiger partial charge < -0.3 is 19.7 Å². The van der Waals surface area contributed by atoms with Gasteiger partial charge in [0.2, 0.25) is 5.91 Å². The predicted octanol–water partition coefficient (Wildman–Crippen LogP) is -0.140. The average Bonchev–Trinajstić information content (AvgIpc) is 2.40. The quantitative estimate of drug-likeness (QED) is 0.748. The summed E-state index contributed by atoms with van der Waals surface area (Å²) in [5.41, 5.74) is 0. The van der Waals surface area contributed by atoms with E-state index < -0.39 is 0 Å². The third kappa shape index (κ3) is 3.66. The maximum absolute atomic E-state index is 12.1. The Kier molecular flexibility index (Phi) is 4.76. The molecule has 2 aliphatic heterocycles. The summed E-state index contributed by atoms with van der Waals surface area (Å²) < 4.78 is 10.6. The molecule has 2 rings (SSSR count). The molecule has 1 atom stereocenters. The van der Waals surface area contributed by atoms with Gasteiger partial charge in [-0.1, -0.05) is 0 Å². The molecule has 0 aliphatic carbocycles. The fourth-order valence-corrected chi connectivity index (χ4v) is 2.40. The van der Waals surface area contributed by atoms with Gasteiger partial charge in [0, 0.05) is 33.4 Å². The van der Waals surface area contributed by atoms with Gasteiger partial charge in [-0.25, -0.2) is 0 Å². The van der Waals surface area contributed by atoms with E-state index in [9.17, 15) is 4.79 Å². The number of rotatable bonds is 3. The van der Waals surface area contributed by atoms with Crippen LogP contribution in [0, 0.1) is 5.92 Å². The molecule has 98 valence electrons. The second-order valence-corrected chi connectivity index (χ2v) is 4.86. The lowest BCUT2D eigenvalue weighted by Gasteiger charge is -2.31. The van der Waals surface area contributed by atoms with Crippen molar-refractivity contribution in [3.8, 4) is 0 Å². The minimum absolute atomic E-state index is 0.149. The molecule has 5 heteroatoms. The third-order valence-electron chi connectivity index (χ3n) is 3.47. The van der Waals surface area contributed by atoms with Crippen LogP contribution in [0.25, 0.3) is 0 Å². The minimum Gasteiger partial charge on any atom is -0.381 e. The van der Waals surface area contributed by atoms with Crippen molar-refractivity contribution < 1.29 is 14.3 Å². The Morgan fingerprint density at radius 2 is 2.06 bits per heavy atom. The van der Waals surface area contributed by atoms with Gasteiger partial charge in [-0.3, -0.25) is 4.79 Å². The predicted molar refractivity (Wildman–Crippen MR) is 63.8 cm³/mol. The Morgan fingerprint density at radius 3 is 2.71 bits per heavy atom. The van der Waals surface area contributed by atoms with Gasteiger partial charge in [0.05, 0.1) is 13.2 Å². The van der Waals surface area contributed by atoms with Crippen molar-refractivity contribution >= 4 is 5.91 Å². The SMILES string of the molecule is CN(CC1CCOCC1)C(=O)C1COCCN1. The highest BCUT2D eigenvalue weighted by Crippen LogP contribution is 2.16. The van der Waals surface area contributed by atoms with Gasteiger partial charge in [0.1, 0.15) is 6.04 Å². The highest BCUT2D eigenvalue weighted by Gasteiger charge is 2.26. The molecule has 0 saturated carbocycles. The van der Waals surface area contributed by atoms with E-state index in [0.717, 1.165) is 39.1 Å². The maximum Gasteiger partial charge on any atom is 0.241 e. The number of amides is 1. The first-order valence-corrected chi connectivity index (χ1v) is 6.41. The van der Waals surface area contributed by atoms with Crippen LogP contribution in [-0.2, 0) is 14.3 Å². The number of carbonyl (C=O) groups excluding carboxylic acids is 1. The summed E-state index contributed by atoms with van der Waals surface area (Å²) in [5.74, 6) is 0.735. The molecule has 0 aromatic heterocycles. The Labute approximate surface area is 102 Å². The van der Waals surface area contributed by atoms with Gasteiger partial charge in [-0.15, -0.1) is 0 Å². The minimum atomic E-state index is -0.159. The first-order valence-electron chi connectivity index (χ1n) is 6.41. The summed E-state index contributed by atoms with van der Waals surface area (Å²) in [6.07, 6.45) is 2.12. The van der Waals surface area contributed by atoms with Crippen molar-refractivity contribution in [1.82, 2.24) is 10.2 Å². The van der Waals surface area contributed by atoms with Crippen LogP contribution < -0.4 is 5.32 Å². The van der Waals surface area contributed by atoms with Gasteiger partial charge in [0.15, 0.2) is 0 Å².